The van der Waals surface area contributed by atoms with Gasteiger partial charge >= 0.3 is 6.18 Å². The molecule has 1 heterocycles. The summed E-state index contributed by atoms with van der Waals surface area (Å²) in [5, 5.41) is 2.61. The average molecular weight is 391 g/mol. The SMILES string of the molecule is COC1C(Br)CCC(C2NC(C(F)(F)F)CN2C(C)C)C1F. The molecule has 0 spiro atoms. The van der Waals surface area contributed by atoms with Crippen LogP contribution in [0.25, 0.3) is 0 Å². The molecule has 1 aliphatic heterocycles. The van der Waals surface area contributed by atoms with Crippen LogP contribution in [-0.2, 0) is 4.74 Å². The molecule has 1 saturated heterocycles. The smallest absolute Gasteiger partial charge is 0.377 e. The van der Waals surface area contributed by atoms with Crippen molar-refractivity contribution in [3.05, 3.63) is 0 Å². The Morgan fingerprint density at radius 1 is 1.27 bits per heavy atom. The van der Waals surface area contributed by atoms with Crippen LogP contribution in [0, 0.1) is 5.92 Å². The van der Waals surface area contributed by atoms with Crippen molar-refractivity contribution in [3.63, 3.8) is 0 Å². The van der Waals surface area contributed by atoms with Gasteiger partial charge in [0.1, 0.15) is 18.3 Å². The van der Waals surface area contributed by atoms with Gasteiger partial charge in [0.05, 0.1) is 6.17 Å². The Morgan fingerprint density at radius 2 is 1.91 bits per heavy atom. The molecule has 0 aromatic carbocycles. The largest absolute Gasteiger partial charge is 0.405 e. The normalized spacial score (nSPS) is 41.3. The lowest BCUT2D eigenvalue weighted by atomic mass is 9.82. The second-order valence-corrected chi connectivity index (χ2v) is 7.57. The molecule has 8 heteroatoms. The summed E-state index contributed by atoms with van der Waals surface area (Å²) in [7, 11) is 1.44. The molecule has 0 aromatic rings. The van der Waals surface area contributed by atoms with Crippen LogP contribution in [0.1, 0.15) is 26.7 Å². The molecule has 2 rings (SSSR count). The summed E-state index contributed by atoms with van der Waals surface area (Å²) in [6, 6.07) is -1.69. The van der Waals surface area contributed by atoms with Crippen molar-refractivity contribution in [1.29, 1.82) is 0 Å². The third kappa shape index (κ3) is 3.60. The molecular formula is C14H23BrF4N2O. The molecular weight excluding hydrogens is 368 g/mol. The van der Waals surface area contributed by atoms with E-state index in [0.717, 1.165) is 0 Å². The van der Waals surface area contributed by atoms with Crippen molar-refractivity contribution in [2.45, 2.75) is 68.2 Å². The van der Waals surface area contributed by atoms with E-state index in [1.807, 2.05) is 13.8 Å². The van der Waals surface area contributed by atoms with E-state index in [1.165, 1.54) is 7.11 Å². The lowest BCUT2D eigenvalue weighted by Gasteiger charge is -2.42. The van der Waals surface area contributed by atoms with Crippen LogP contribution < -0.4 is 5.32 Å². The van der Waals surface area contributed by atoms with Gasteiger partial charge in [0, 0.05) is 30.4 Å². The Kier molecular flexibility index (Phi) is 5.78. The average Bonchev–Trinajstić information content (AvgIpc) is 2.84. The Balaban J connectivity index is 2.18. The molecule has 130 valence electrons. The van der Waals surface area contributed by atoms with E-state index < -0.39 is 36.6 Å². The first-order chi connectivity index (χ1) is 10.2. The van der Waals surface area contributed by atoms with Crippen LogP contribution >= 0.6 is 15.9 Å². The van der Waals surface area contributed by atoms with E-state index in [0.29, 0.717) is 12.8 Å². The number of methoxy groups -OCH3 is 1. The van der Waals surface area contributed by atoms with Crippen LogP contribution in [0.4, 0.5) is 17.6 Å². The fourth-order valence-electron chi connectivity index (χ4n) is 3.51. The Labute approximate surface area is 136 Å². The summed E-state index contributed by atoms with van der Waals surface area (Å²) in [5.41, 5.74) is 0. The number of nitrogens with zero attached hydrogens (tertiary/aromatic N) is 1. The monoisotopic (exact) mass is 390 g/mol. The maximum absolute atomic E-state index is 14.8. The minimum atomic E-state index is -4.32. The molecule has 2 fully saturated rings. The number of hydrogen-bond donors (Lipinski definition) is 1. The molecule has 1 saturated carbocycles. The van der Waals surface area contributed by atoms with Gasteiger partial charge in [0.15, 0.2) is 0 Å². The van der Waals surface area contributed by atoms with Crippen molar-refractivity contribution in [1.82, 2.24) is 10.2 Å². The lowest BCUT2D eigenvalue weighted by Crippen LogP contribution is -2.55. The number of alkyl halides is 5. The summed E-state index contributed by atoms with van der Waals surface area (Å²) in [6.07, 6.45) is -5.64. The first-order valence-electron chi connectivity index (χ1n) is 7.56. The van der Waals surface area contributed by atoms with Gasteiger partial charge in [-0.15, -0.1) is 0 Å². The van der Waals surface area contributed by atoms with Gasteiger partial charge in [0.25, 0.3) is 0 Å². The molecule has 6 unspecified atom stereocenters. The quantitative estimate of drug-likeness (QED) is 0.591. The standard InChI is InChI=1S/C14H23BrF4N2O/c1-7(2)21-6-10(14(17,18)19)20-13(21)8-4-5-9(15)12(22-3)11(8)16/h7-13,20H,4-6H2,1-3H3. The molecule has 0 amide bonds. The van der Waals surface area contributed by atoms with Crippen molar-refractivity contribution in [2.24, 2.45) is 5.92 Å². The zero-order valence-electron chi connectivity index (χ0n) is 12.9. The van der Waals surface area contributed by atoms with Gasteiger partial charge in [0.2, 0.25) is 0 Å². The minimum absolute atomic E-state index is 0.0836. The summed E-state index contributed by atoms with van der Waals surface area (Å²) >= 11 is 3.40. The van der Waals surface area contributed by atoms with Gasteiger partial charge in [-0.1, -0.05) is 15.9 Å². The third-order valence-corrected chi connectivity index (χ3v) is 5.69. The predicted octanol–water partition coefficient (Wildman–Crippen LogP) is 3.08. The number of nitrogens with one attached hydrogen (secondary N) is 1. The predicted molar refractivity (Wildman–Crippen MR) is 79.7 cm³/mol. The van der Waals surface area contributed by atoms with Crippen molar-refractivity contribution in [3.8, 4) is 0 Å². The first-order valence-corrected chi connectivity index (χ1v) is 8.47. The van der Waals surface area contributed by atoms with Gasteiger partial charge in [-0.2, -0.15) is 13.2 Å². The number of rotatable bonds is 3. The minimum Gasteiger partial charge on any atom is -0.377 e. The van der Waals surface area contributed by atoms with Crippen LogP contribution in [-0.4, -0.2) is 60.1 Å². The van der Waals surface area contributed by atoms with E-state index in [4.69, 9.17) is 4.74 Å². The molecule has 0 aromatic heterocycles. The molecule has 6 atom stereocenters. The van der Waals surface area contributed by atoms with E-state index >= 15 is 0 Å². The summed E-state index contributed by atoms with van der Waals surface area (Å²) in [5.74, 6) is -0.506. The maximum Gasteiger partial charge on any atom is 0.405 e. The Hall–Kier alpha value is 0.0800. The van der Waals surface area contributed by atoms with Gasteiger partial charge in [-0.3, -0.25) is 10.2 Å². The van der Waals surface area contributed by atoms with Crippen molar-refractivity contribution < 1.29 is 22.3 Å². The van der Waals surface area contributed by atoms with Gasteiger partial charge < -0.3 is 4.74 Å². The molecule has 1 aliphatic carbocycles. The van der Waals surface area contributed by atoms with Crippen LogP contribution in [0.15, 0.2) is 0 Å². The lowest BCUT2D eigenvalue weighted by molar-refractivity contribution is -0.151. The Morgan fingerprint density at radius 3 is 2.41 bits per heavy atom. The van der Waals surface area contributed by atoms with Crippen LogP contribution in [0.3, 0.4) is 0 Å². The highest BCUT2D eigenvalue weighted by Crippen LogP contribution is 2.39. The molecule has 0 bridgehead atoms. The topological polar surface area (TPSA) is 24.5 Å². The van der Waals surface area contributed by atoms with E-state index in [9.17, 15) is 17.6 Å². The zero-order chi connectivity index (χ0) is 16.7. The van der Waals surface area contributed by atoms with E-state index in [1.54, 1.807) is 4.90 Å². The second-order valence-electron chi connectivity index (χ2n) is 6.40. The fraction of sp³-hybridized carbons (Fsp3) is 1.00. The molecule has 22 heavy (non-hydrogen) atoms. The number of hydrogen-bond acceptors (Lipinski definition) is 3. The van der Waals surface area contributed by atoms with E-state index in [-0.39, 0.29) is 17.4 Å². The van der Waals surface area contributed by atoms with Crippen molar-refractivity contribution in [2.75, 3.05) is 13.7 Å². The number of ether oxygens (including phenoxy) is 1. The zero-order valence-corrected chi connectivity index (χ0v) is 14.5. The molecule has 0 radical (unpaired) electrons. The molecule has 1 N–H and O–H groups in total. The van der Waals surface area contributed by atoms with E-state index in [2.05, 4.69) is 21.2 Å². The third-order valence-electron chi connectivity index (χ3n) is 4.71. The summed E-state index contributed by atoms with van der Waals surface area (Å²) in [6.45, 7) is 3.54. The van der Waals surface area contributed by atoms with Gasteiger partial charge in [-0.05, 0) is 26.7 Å². The van der Waals surface area contributed by atoms with Crippen molar-refractivity contribution >= 4 is 15.9 Å². The Bertz CT molecular complexity index is 382. The second kappa shape index (κ2) is 6.91. The highest BCUT2D eigenvalue weighted by molar-refractivity contribution is 9.09. The van der Waals surface area contributed by atoms with Gasteiger partial charge in [-0.25, -0.2) is 4.39 Å². The fourth-order valence-corrected chi connectivity index (χ4v) is 4.28. The molecule has 3 nitrogen and oxygen atoms in total. The highest BCUT2D eigenvalue weighted by atomic mass is 79.9. The molecule has 2 aliphatic rings. The summed E-state index contributed by atoms with van der Waals surface area (Å²) in [4.78, 5) is 1.62. The maximum atomic E-state index is 14.8. The highest BCUT2D eigenvalue weighted by Gasteiger charge is 2.53. The van der Waals surface area contributed by atoms with Crippen LogP contribution in [0.5, 0.6) is 0 Å². The summed E-state index contributed by atoms with van der Waals surface area (Å²) < 4.78 is 59.1. The van der Waals surface area contributed by atoms with Crippen LogP contribution in [0.2, 0.25) is 0 Å². The first kappa shape index (κ1) is 18.4. The number of halogens is 5.